The quantitative estimate of drug-likeness (QED) is 0.648. The number of nitrogens with two attached hydrogens (primary N) is 2. The Balaban J connectivity index is 2.73. The number of carbonyl (C=O) groups excluding carboxylic acids is 1. The number of rotatable bonds is 6. The van der Waals surface area contributed by atoms with Crippen molar-refractivity contribution in [2.75, 3.05) is 24.2 Å². The van der Waals surface area contributed by atoms with E-state index in [1.54, 1.807) is 18.2 Å². The summed E-state index contributed by atoms with van der Waals surface area (Å²) in [4.78, 5) is 11.2. The van der Waals surface area contributed by atoms with Gasteiger partial charge >= 0.3 is 0 Å². The summed E-state index contributed by atoms with van der Waals surface area (Å²) in [5.41, 5.74) is 12.5. The predicted molar refractivity (Wildman–Crippen MR) is 69.0 cm³/mol. The van der Waals surface area contributed by atoms with Gasteiger partial charge in [0.25, 0.3) is 5.91 Å². The Kier molecular flexibility index (Phi) is 4.78. The topological polar surface area (TPSA) is 90.4 Å². The number of ether oxygens (including phenoxy) is 1. The standard InChI is InChI=1S/C12H19N3O2/c1-3-17-8(2)7-15-11-5-4-9(13)6-10(11)12(14)16/h4-6,8,15H,3,7,13H2,1-2H3,(H2,14,16). The normalized spacial score (nSPS) is 12.1. The number of primary amides is 1. The second-order valence-corrected chi connectivity index (χ2v) is 3.82. The zero-order valence-electron chi connectivity index (χ0n) is 10.2. The van der Waals surface area contributed by atoms with Gasteiger partial charge in [0, 0.05) is 24.5 Å². The lowest BCUT2D eigenvalue weighted by atomic mass is 10.1. The Labute approximate surface area is 101 Å². The number of nitrogen functional groups attached to an aromatic ring is 1. The molecule has 0 aliphatic heterocycles. The number of nitrogens with one attached hydrogen (secondary N) is 1. The number of anilines is 2. The Morgan fingerprint density at radius 3 is 2.82 bits per heavy atom. The molecule has 1 amide bonds. The minimum atomic E-state index is -0.496. The van der Waals surface area contributed by atoms with E-state index in [1.807, 2.05) is 13.8 Å². The minimum Gasteiger partial charge on any atom is -0.399 e. The first-order chi connectivity index (χ1) is 8.04. The molecule has 5 nitrogen and oxygen atoms in total. The Hall–Kier alpha value is -1.75. The van der Waals surface area contributed by atoms with Crippen LogP contribution in [-0.2, 0) is 4.74 Å². The molecule has 0 bridgehead atoms. The van der Waals surface area contributed by atoms with Crippen LogP contribution in [0.1, 0.15) is 24.2 Å². The van der Waals surface area contributed by atoms with Crippen LogP contribution in [0.25, 0.3) is 0 Å². The van der Waals surface area contributed by atoms with E-state index in [-0.39, 0.29) is 6.10 Å². The van der Waals surface area contributed by atoms with Crippen molar-refractivity contribution in [2.45, 2.75) is 20.0 Å². The lowest BCUT2D eigenvalue weighted by Gasteiger charge is -2.15. The third-order valence-electron chi connectivity index (χ3n) is 2.34. The van der Waals surface area contributed by atoms with Gasteiger partial charge in [0.15, 0.2) is 0 Å². The number of hydrogen-bond acceptors (Lipinski definition) is 4. The first-order valence-electron chi connectivity index (χ1n) is 5.59. The number of hydrogen-bond donors (Lipinski definition) is 3. The zero-order chi connectivity index (χ0) is 12.8. The molecule has 5 heteroatoms. The van der Waals surface area contributed by atoms with E-state index in [2.05, 4.69) is 5.32 Å². The van der Waals surface area contributed by atoms with Crippen LogP contribution in [0.2, 0.25) is 0 Å². The van der Waals surface area contributed by atoms with E-state index in [0.717, 1.165) is 0 Å². The summed E-state index contributed by atoms with van der Waals surface area (Å²) in [7, 11) is 0. The van der Waals surface area contributed by atoms with Gasteiger partial charge in [0.1, 0.15) is 0 Å². The van der Waals surface area contributed by atoms with Gasteiger partial charge in [-0.05, 0) is 32.0 Å². The molecule has 1 aromatic carbocycles. The minimum absolute atomic E-state index is 0.0679. The fourth-order valence-corrected chi connectivity index (χ4v) is 1.52. The fraction of sp³-hybridized carbons (Fsp3) is 0.417. The summed E-state index contributed by atoms with van der Waals surface area (Å²) < 4.78 is 5.38. The third kappa shape index (κ3) is 3.96. The molecular weight excluding hydrogens is 218 g/mol. The first-order valence-corrected chi connectivity index (χ1v) is 5.59. The molecule has 5 N–H and O–H groups in total. The second kappa shape index (κ2) is 6.10. The smallest absolute Gasteiger partial charge is 0.250 e. The maximum Gasteiger partial charge on any atom is 0.250 e. The van der Waals surface area contributed by atoms with Crippen molar-refractivity contribution < 1.29 is 9.53 Å². The summed E-state index contributed by atoms with van der Waals surface area (Å²) in [5.74, 6) is -0.496. The number of benzene rings is 1. The highest BCUT2D eigenvalue weighted by molar-refractivity contribution is 5.99. The van der Waals surface area contributed by atoms with Gasteiger partial charge < -0.3 is 21.5 Å². The van der Waals surface area contributed by atoms with Crippen LogP contribution in [0.3, 0.4) is 0 Å². The number of carbonyl (C=O) groups is 1. The Bertz CT molecular complexity index is 393. The summed E-state index contributed by atoms with van der Waals surface area (Å²) in [5, 5.41) is 3.12. The van der Waals surface area contributed by atoms with Gasteiger partial charge in [0.2, 0.25) is 0 Å². The second-order valence-electron chi connectivity index (χ2n) is 3.82. The molecule has 1 atom stereocenters. The predicted octanol–water partition coefficient (Wildman–Crippen LogP) is 1.20. The van der Waals surface area contributed by atoms with Crippen LogP contribution in [0.4, 0.5) is 11.4 Å². The van der Waals surface area contributed by atoms with Crippen molar-refractivity contribution in [1.29, 1.82) is 0 Å². The van der Waals surface area contributed by atoms with Crippen molar-refractivity contribution >= 4 is 17.3 Å². The van der Waals surface area contributed by atoms with E-state index in [1.165, 1.54) is 0 Å². The van der Waals surface area contributed by atoms with E-state index in [0.29, 0.717) is 30.1 Å². The lowest BCUT2D eigenvalue weighted by Crippen LogP contribution is -2.22. The molecule has 0 saturated carbocycles. The van der Waals surface area contributed by atoms with E-state index in [4.69, 9.17) is 16.2 Å². The molecule has 1 rings (SSSR count). The van der Waals surface area contributed by atoms with Crippen LogP contribution in [-0.4, -0.2) is 25.2 Å². The van der Waals surface area contributed by atoms with E-state index in [9.17, 15) is 4.79 Å². The lowest BCUT2D eigenvalue weighted by molar-refractivity contribution is 0.0854. The van der Waals surface area contributed by atoms with Crippen molar-refractivity contribution in [1.82, 2.24) is 0 Å². The molecule has 0 fully saturated rings. The zero-order valence-corrected chi connectivity index (χ0v) is 10.2. The SMILES string of the molecule is CCOC(C)CNc1ccc(N)cc1C(N)=O. The maximum absolute atomic E-state index is 11.2. The molecule has 0 aliphatic carbocycles. The van der Waals surface area contributed by atoms with Crippen molar-refractivity contribution in [3.63, 3.8) is 0 Å². The molecule has 94 valence electrons. The van der Waals surface area contributed by atoms with Gasteiger partial charge in [0.05, 0.1) is 11.7 Å². The van der Waals surface area contributed by atoms with Crippen LogP contribution < -0.4 is 16.8 Å². The Morgan fingerprint density at radius 1 is 1.53 bits per heavy atom. The molecule has 1 unspecified atom stereocenters. The van der Waals surface area contributed by atoms with Crippen LogP contribution in [0.5, 0.6) is 0 Å². The highest BCUT2D eigenvalue weighted by Gasteiger charge is 2.09. The van der Waals surface area contributed by atoms with Crippen LogP contribution >= 0.6 is 0 Å². The van der Waals surface area contributed by atoms with Crippen molar-refractivity contribution in [2.24, 2.45) is 5.73 Å². The maximum atomic E-state index is 11.2. The third-order valence-corrected chi connectivity index (χ3v) is 2.34. The van der Waals surface area contributed by atoms with Crippen molar-refractivity contribution in [3.05, 3.63) is 23.8 Å². The largest absolute Gasteiger partial charge is 0.399 e. The average Bonchev–Trinajstić information content (AvgIpc) is 2.27. The summed E-state index contributed by atoms with van der Waals surface area (Å²) in [6.07, 6.45) is 0.0679. The number of amides is 1. The molecule has 0 aromatic heterocycles. The fourth-order valence-electron chi connectivity index (χ4n) is 1.52. The monoisotopic (exact) mass is 237 g/mol. The van der Waals surface area contributed by atoms with Crippen LogP contribution in [0.15, 0.2) is 18.2 Å². The molecular formula is C12H19N3O2. The van der Waals surface area contributed by atoms with E-state index >= 15 is 0 Å². The average molecular weight is 237 g/mol. The molecule has 17 heavy (non-hydrogen) atoms. The molecule has 0 aliphatic rings. The molecule has 0 spiro atoms. The molecule has 0 radical (unpaired) electrons. The molecule has 0 saturated heterocycles. The Morgan fingerprint density at radius 2 is 2.24 bits per heavy atom. The van der Waals surface area contributed by atoms with Gasteiger partial charge in [-0.1, -0.05) is 0 Å². The van der Waals surface area contributed by atoms with Gasteiger partial charge in [-0.2, -0.15) is 0 Å². The summed E-state index contributed by atoms with van der Waals surface area (Å²) >= 11 is 0. The summed E-state index contributed by atoms with van der Waals surface area (Å²) in [6.45, 7) is 5.16. The van der Waals surface area contributed by atoms with Crippen molar-refractivity contribution in [3.8, 4) is 0 Å². The highest BCUT2D eigenvalue weighted by atomic mass is 16.5. The van der Waals surface area contributed by atoms with E-state index < -0.39 is 5.91 Å². The highest BCUT2D eigenvalue weighted by Crippen LogP contribution is 2.18. The van der Waals surface area contributed by atoms with Gasteiger partial charge in [-0.15, -0.1) is 0 Å². The van der Waals surface area contributed by atoms with Gasteiger partial charge in [-0.3, -0.25) is 4.79 Å². The summed E-state index contributed by atoms with van der Waals surface area (Å²) in [6, 6.07) is 5.03. The van der Waals surface area contributed by atoms with Crippen LogP contribution in [0, 0.1) is 0 Å². The molecule has 1 aromatic rings. The van der Waals surface area contributed by atoms with Gasteiger partial charge in [-0.25, -0.2) is 0 Å². The molecule has 0 heterocycles. The first kappa shape index (κ1) is 13.3.